The van der Waals surface area contributed by atoms with Crippen LogP contribution in [0.3, 0.4) is 0 Å². The van der Waals surface area contributed by atoms with Gasteiger partial charge in [-0.25, -0.2) is 22.0 Å². The molecule has 0 spiro atoms. The van der Waals surface area contributed by atoms with Crippen LogP contribution in [0, 0.1) is 17.6 Å². The largest absolute Gasteiger partial charge is 0.477 e. The lowest BCUT2D eigenvalue weighted by Crippen LogP contribution is -2.21. The van der Waals surface area contributed by atoms with Crippen molar-refractivity contribution in [3.63, 3.8) is 0 Å². The van der Waals surface area contributed by atoms with Crippen LogP contribution in [0.4, 0.5) is 14.5 Å². The molecule has 5 nitrogen and oxygen atoms in total. The van der Waals surface area contributed by atoms with E-state index in [0.29, 0.717) is 6.07 Å². The van der Waals surface area contributed by atoms with Gasteiger partial charge in [0.2, 0.25) is 10.0 Å². The number of carboxylic acid groups (broad SMARTS) is 1. The summed E-state index contributed by atoms with van der Waals surface area (Å²) < 4.78 is 52.0. The quantitative estimate of drug-likeness (QED) is 0.870. The zero-order chi connectivity index (χ0) is 14.8. The van der Waals surface area contributed by atoms with E-state index in [1.54, 1.807) is 13.8 Å². The molecule has 0 radical (unpaired) electrons. The first-order chi connectivity index (χ1) is 8.64. The van der Waals surface area contributed by atoms with Gasteiger partial charge in [0.1, 0.15) is 11.4 Å². The summed E-state index contributed by atoms with van der Waals surface area (Å²) in [5.41, 5.74) is -1.77. The van der Waals surface area contributed by atoms with E-state index in [-0.39, 0.29) is 11.7 Å². The molecular formula is C11H13F2NO4S. The lowest BCUT2D eigenvalue weighted by atomic mass is 10.2. The van der Waals surface area contributed by atoms with E-state index in [1.807, 2.05) is 4.72 Å². The molecule has 2 N–H and O–H groups in total. The van der Waals surface area contributed by atoms with Crippen molar-refractivity contribution >= 4 is 21.7 Å². The van der Waals surface area contributed by atoms with Crippen LogP contribution in [0.2, 0.25) is 0 Å². The molecule has 0 aromatic heterocycles. The first-order valence-corrected chi connectivity index (χ1v) is 7.01. The summed E-state index contributed by atoms with van der Waals surface area (Å²) in [6.07, 6.45) is 0. The van der Waals surface area contributed by atoms with Crippen molar-refractivity contribution in [1.29, 1.82) is 0 Å². The number of carboxylic acids is 1. The fourth-order valence-electron chi connectivity index (χ4n) is 1.48. The molecule has 1 aromatic rings. The van der Waals surface area contributed by atoms with Crippen LogP contribution in [0.25, 0.3) is 0 Å². The predicted octanol–water partition coefficient (Wildman–Crippen LogP) is 2.06. The molecule has 0 heterocycles. The van der Waals surface area contributed by atoms with Gasteiger partial charge < -0.3 is 5.11 Å². The van der Waals surface area contributed by atoms with E-state index in [0.717, 1.165) is 6.07 Å². The van der Waals surface area contributed by atoms with Gasteiger partial charge in [0.25, 0.3) is 0 Å². The molecule has 0 bridgehead atoms. The third-order valence-corrected chi connectivity index (χ3v) is 3.76. The molecule has 0 fully saturated rings. The normalized spacial score (nSPS) is 11.6. The Hall–Kier alpha value is -1.70. The first-order valence-electron chi connectivity index (χ1n) is 5.36. The number of halogens is 2. The van der Waals surface area contributed by atoms with Gasteiger partial charge in [-0.1, -0.05) is 13.8 Å². The molecule has 106 valence electrons. The monoisotopic (exact) mass is 293 g/mol. The number of rotatable bonds is 5. The smallest absolute Gasteiger partial charge is 0.341 e. The van der Waals surface area contributed by atoms with E-state index >= 15 is 0 Å². The number of carbonyl (C=O) groups is 1. The number of benzene rings is 1. The standard InChI is InChI=1S/C11H13F2NO4S/c1-6(2)5-19(17,18)14-8-4-3-7(12)9(10(8)13)11(15)16/h3-4,6,14H,5H2,1-2H3,(H,15,16). The first kappa shape index (κ1) is 15.4. The lowest BCUT2D eigenvalue weighted by Gasteiger charge is -2.11. The minimum absolute atomic E-state index is 0.194. The van der Waals surface area contributed by atoms with Gasteiger partial charge in [-0.05, 0) is 18.1 Å². The van der Waals surface area contributed by atoms with Gasteiger partial charge in [0.05, 0.1) is 11.4 Å². The second kappa shape index (κ2) is 5.52. The Morgan fingerprint density at radius 3 is 2.42 bits per heavy atom. The second-order valence-electron chi connectivity index (χ2n) is 4.37. The maximum absolute atomic E-state index is 13.7. The van der Waals surface area contributed by atoms with Gasteiger partial charge >= 0.3 is 5.97 Å². The number of nitrogens with one attached hydrogen (secondary N) is 1. The summed E-state index contributed by atoms with van der Waals surface area (Å²) in [6, 6.07) is 1.54. The maximum atomic E-state index is 13.7. The third kappa shape index (κ3) is 3.88. The summed E-state index contributed by atoms with van der Waals surface area (Å²) in [5.74, 6) is -4.97. The van der Waals surface area contributed by atoms with Crippen molar-refractivity contribution < 1.29 is 27.1 Å². The molecule has 0 saturated heterocycles. The molecule has 0 saturated carbocycles. The highest BCUT2D eigenvalue weighted by Gasteiger charge is 2.22. The molecule has 0 aliphatic carbocycles. The molecule has 0 atom stereocenters. The molecule has 19 heavy (non-hydrogen) atoms. The maximum Gasteiger partial charge on any atom is 0.341 e. The topological polar surface area (TPSA) is 83.5 Å². The van der Waals surface area contributed by atoms with E-state index in [4.69, 9.17) is 5.11 Å². The molecule has 0 aliphatic heterocycles. The van der Waals surface area contributed by atoms with Gasteiger partial charge in [-0.2, -0.15) is 0 Å². The minimum Gasteiger partial charge on any atom is -0.477 e. The fourth-order valence-corrected chi connectivity index (χ4v) is 2.93. The Morgan fingerprint density at radius 2 is 1.95 bits per heavy atom. The van der Waals surface area contributed by atoms with Crippen LogP contribution in [0.5, 0.6) is 0 Å². The second-order valence-corrected chi connectivity index (χ2v) is 6.13. The van der Waals surface area contributed by atoms with Crippen molar-refractivity contribution in [2.75, 3.05) is 10.5 Å². The molecule has 1 aromatic carbocycles. The van der Waals surface area contributed by atoms with E-state index in [9.17, 15) is 22.0 Å². The molecule has 0 aliphatic rings. The Balaban J connectivity index is 3.17. The van der Waals surface area contributed by atoms with Crippen molar-refractivity contribution in [3.8, 4) is 0 Å². The SMILES string of the molecule is CC(C)CS(=O)(=O)Nc1ccc(F)c(C(=O)O)c1F. The zero-order valence-electron chi connectivity index (χ0n) is 10.3. The Kier molecular flexibility index (Phi) is 4.46. The van der Waals surface area contributed by atoms with E-state index in [1.165, 1.54) is 0 Å². The Bertz CT molecular complexity index is 599. The van der Waals surface area contributed by atoms with Gasteiger partial charge in [-0.15, -0.1) is 0 Å². The number of hydrogen-bond acceptors (Lipinski definition) is 3. The number of aromatic carboxylic acids is 1. The minimum atomic E-state index is -3.82. The third-order valence-electron chi connectivity index (χ3n) is 2.12. The highest BCUT2D eigenvalue weighted by atomic mass is 32.2. The predicted molar refractivity (Wildman–Crippen MR) is 65.6 cm³/mol. The molecule has 8 heteroatoms. The van der Waals surface area contributed by atoms with Crippen LogP contribution >= 0.6 is 0 Å². The number of hydrogen-bond donors (Lipinski definition) is 2. The highest BCUT2D eigenvalue weighted by molar-refractivity contribution is 7.92. The Morgan fingerprint density at radius 1 is 1.37 bits per heavy atom. The average molecular weight is 293 g/mol. The number of sulfonamides is 1. The lowest BCUT2D eigenvalue weighted by molar-refractivity contribution is 0.0686. The molecule has 0 unspecified atom stereocenters. The van der Waals surface area contributed by atoms with Crippen LogP contribution in [-0.4, -0.2) is 25.2 Å². The van der Waals surface area contributed by atoms with Gasteiger partial charge in [0.15, 0.2) is 5.82 Å². The molecule has 1 rings (SSSR count). The summed E-state index contributed by atoms with van der Waals surface area (Å²) in [4.78, 5) is 10.7. The van der Waals surface area contributed by atoms with Crippen LogP contribution in [-0.2, 0) is 10.0 Å². The van der Waals surface area contributed by atoms with Gasteiger partial charge in [-0.3, -0.25) is 4.72 Å². The summed E-state index contributed by atoms with van der Waals surface area (Å²) in [5, 5.41) is 8.66. The van der Waals surface area contributed by atoms with Crippen LogP contribution < -0.4 is 4.72 Å². The molecule has 0 amide bonds. The fraction of sp³-hybridized carbons (Fsp3) is 0.364. The highest BCUT2D eigenvalue weighted by Crippen LogP contribution is 2.22. The summed E-state index contributed by atoms with van der Waals surface area (Å²) >= 11 is 0. The van der Waals surface area contributed by atoms with Gasteiger partial charge in [0, 0.05) is 0 Å². The van der Waals surface area contributed by atoms with Crippen molar-refractivity contribution in [1.82, 2.24) is 0 Å². The Labute approximate surface area is 109 Å². The average Bonchev–Trinajstić information content (AvgIpc) is 2.19. The van der Waals surface area contributed by atoms with E-state index < -0.39 is 38.9 Å². The number of anilines is 1. The van der Waals surface area contributed by atoms with Crippen LogP contribution in [0.1, 0.15) is 24.2 Å². The van der Waals surface area contributed by atoms with Crippen molar-refractivity contribution in [3.05, 3.63) is 29.3 Å². The summed E-state index contributed by atoms with van der Waals surface area (Å²) in [6.45, 7) is 3.31. The van der Waals surface area contributed by atoms with Crippen molar-refractivity contribution in [2.24, 2.45) is 5.92 Å². The molecular weight excluding hydrogens is 280 g/mol. The van der Waals surface area contributed by atoms with Crippen molar-refractivity contribution in [2.45, 2.75) is 13.8 Å². The van der Waals surface area contributed by atoms with Crippen LogP contribution in [0.15, 0.2) is 12.1 Å². The van der Waals surface area contributed by atoms with E-state index in [2.05, 4.69) is 0 Å². The summed E-state index contributed by atoms with van der Waals surface area (Å²) in [7, 11) is -3.82. The zero-order valence-corrected chi connectivity index (χ0v) is 11.1.